The van der Waals surface area contributed by atoms with Crippen LogP contribution in [-0.4, -0.2) is 66.8 Å². The quantitative estimate of drug-likeness (QED) is 0.0745. The molecule has 2 N–H and O–H groups in total. The van der Waals surface area contributed by atoms with Crippen LogP contribution >= 0.6 is 11.6 Å². The van der Waals surface area contributed by atoms with Gasteiger partial charge in [-0.2, -0.15) is 0 Å². The number of rotatable bonds is 18. The minimum atomic E-state index is -0.970. The molecule has 4 aromatic rings. The van der Waals surface area contributed by atoms with Gasteiger partial charge in [-0.05, 0) is 77.4 Å². The topological polar surface area (TPSA) is 94.5 Å². The lowest BCUT2D eigenvalue weighted by Crippen LogP contribution is -2.32. The Hall–Kier alpha value is -3.88. The number of alkyl halides is 1. The zero-order valence-electron chi connectivity index (χ0n) is 27.0. The van der Waals surface area contributed by atoms with Crippen molar-refractivity contribution in [3.63, 3.8) is 0 Å². The van der Waals surface area contributed by atoms with Crippen LogP contribution in [0.2, 0.25) is 0 Å². The molecule has 0 saturated carbocycles. The highest BCUT2D eigenvalue weighted by molar-refractivity contribution is 6.18. The van der Waals surface area contributed by atoms with E-state index in [0.29, 0.717) is 32.0 Å². The molecule has 0 aromatic heterocycles. The van der Waals surface area contributed by atoms with Crippen LogP contribution in [0.4, 0.5) is 0 Å². The molecule has 0 spiro atoms. The molecular formula is C39H43ClO7. The van der Waals surface area contributed by atoms with Crippen molar-refractivity contribution in [3.8, 4) is 22.6 Å². The second-order valence-corrected chi connectivity index (χ2v) is 12.4. The first-order chi connectivity index (χ1) is 22.8. The van der Waals surface area contributed by atoms with Crippen LogP contribution in [0.25, 0.3) is 11.1 Å². The number of aliphatic hydroxyl groups excluding tert-OH is 1. The van der Waals surface area contributed by atoms with Gasteiger partial charge in [-0.15, -0.1) is 11.6 Å². The predicted octanol–water partition coefficient (Wildman–Crippen LogP) is 7.47. The van der Waals surface area contributed by atoms with Crippen LogP contribution in [0.5, 0.6) is 11.5 Å². The van der Waals surface area contributed by atoms with Crippen molar-refractivity contribution in [1.82, 2.24) is 0 Å². The number of aliphatic carboxylic acids is 1. The molecule has 0 bridgehead atoms. The number of fused-ring (bicyclic) bond motifs is 3. The summed E-state index contributed by atoms with van der Waals surface area (Å²) in [6, 6.07) is 33.5. The molecule has 0 saturated heterocycles. The Labute approximate surface area is 282 Å². The Balaban J connectivity index is 1.32. The maximum absolute atomic E-state index is 11.0. The average molecular weight is 659 g/mol. The Morgan fingerprint density at radius 3 is 1.87 bits per heavy atom. The lowest BCUT2D eigenvalue weighted by Gasteiger charge is -2.34. The van der Waals surface area contributed by atoms with Gasteiger partial charge in [-0.3, -0.25) is 0 Å². The molecule has 47 heavy (non-hydrogen) atoms. The molecule has 2 atom stereocenters. The van der Waals surface area contributed by atoms with E-state index in [1.54, 1.807) is 0 Å². The van der Waals surface area contributed by atoms with E-state index in [-0.39, 0.29) is 19.1 Å². The van der Waals surface area contributed by atoms with Gasteiger partial charge in [0, 0.05) is 6.61 Å². The van der Waals surface area contributed by atoms with Crippen LogP contribution in [0.15, 0.2) is 97.1 Å². The average Bonchev–Trinajstić information content (AvgIpc) is 3.39. The van der Waals surface area contributed by atoms with E-state index in [4.69, 9.17) is 35.7 Å². The Bertz CT molecular complexity index is 1560. The van der Waals surface area contributed by atoms with E-state index in [1.165, 1.54) is 22.3 Å². The first-order valence-electron chi connectivity index (χ1n) is 16.1. The third-order valence-electron chi connectivity index (χ3n) is 8.74. The van der Waals surface area contributed by atoms with Gasteiger partial charge < -0.3 is 29.2 Å². The van der Waals surface area contributed by atoms with Gasteiger partial charge in [0.25, 0.3) is 0 Å². The molecule has 1 aliphatic carbocycles. The van der Waals surface area contributed by atoms with Crippen molar-refractivity contribution in [1.29, 1.82) is 0 Å². The summed E-state index contributed by atoms with van der Waals surface area (Å²) in [6.45, 7) is 5.06. The van der Waals surface area contributed by atoms with E-state index in [2.05, 4.69) is 79.7 Å². The SMILES string of the molecule is CCCC(C)(CCOCCOc1ccc(C2(c3ccc(OCC(O)CCl)cc3)c3ccccc3-c3ccccc32)cc1)OCC(=O)O. The van der Waals surface area contributed by atoms with Crippen molar-refractivity contribution in [2.75, 3.05) is 38.9 Å². The van der Waals surface area contributed by atoms with Gasteiger partial charge in [0.1, 0.15) is 37.4 Å². The van der Waals surface area contributed by atoms with Gasteiger partial charge >= 0.3 is 5.97 Å². The summed E-state index contributed by atoms with van der Waals surface area (Å²) in [4.78, 5) is 11.0. The lowest BCUT2D eigenvalue weighted by molar-refractivity contribution is -0.150. The van der Waals surface area contributed by atoms with Crippen molar-refractivity contribution in [2.24, 2.45) is 0 Å². The number of hydrogen-bond acceptors (Lipinski definition) is 6. The smallest absolute Gasteiger partial charge is 0.329 e. The molecule has 0 radical (unpaired) electrons. The Morgan fingerprint density at radius 1 is 0.787 bits per heavy atom. The van der Waals surface area contributed by atoms with Crippen LogP contribution in [-0.2, 0) is 19.7 Å². The van der Waals surface area contributed by atoms with E-state index < -0.39 is 23.1 Å². The molecule has 0 heterocycles. The Morgan fingerprint density at radius 2 is 1.34 bits per heavy atom. The van der Waals surface area contributed by atoms with Crippen LogP contribution < -0.4 is 9.47 Å². The molecule has 2 unspecified atom stereocenters. The Kier molecular flexibility index (Phi) is 11.6. The summed E-state index contributed by atoms with van der Waals surface area (Å²) in [7, 11) is 0. The molecule has 0 amide bonds. The molecule has 4 aromatic carbocycles. The molecular weight excluding hydrogens is 616 g/mol. The largest absolute Gasteiger partial charge is 0.491 e. The summed E-state index contributed by atoms with van der Waals surface area (Å²) in [5.74, 6) is 0.560. The monoisotopic (exact) mass is 658 g/mol. The number of benzene rings is 4. The van der Waals surface area contributed by atoms with E-state index in [0.717, 1.165) is 29.7 Å². The fourth-order valence-corrected chi connectivity index (χ4v) is 6.59. The zero-order valence-corrected chi connectivity index (χ0v) is 27.7. The van der Waals surface area contributed by atoms with Crippen molar-refractivity contribution >= 4 is 17.6 Å². The summed E-state index contributed by atoms with van der Waals surface area (Å²) >= 11 is 5.75. The first-order valence-corrected chi connectivity index (χ1v) is 16.7. The minimum Gasteiger partial charge on any atom is -0.491 e. The van der Waals surface area contributed by atoms with E-state index in [9.17, 15) is 9.90 Å². The van der Waals surface area contributed by atoms with Crippen LogP contribution in [0.1, 0.15) is 55.4 Å². The van der Waals surface area contributed by atoms with Gasteiger partial charge in [0.05, 0.1) is 23.5 Å². The third-order valence-corrected chi connectivity index (χ3v) is 9.10. The lowest BCUT2D eigenvalue weighted by atomic mass is 9.68. The highest BCUT2D eigenvalue weighted by Gasteiger charge is 2.45. The van der Waals surface area contributed by atoms with Gasteiger partial charge in [0.2, 0.25) is 0 Å². The van der Waals surface area contributed by atoms with Crippen molar-refractivity contribution in [3.05, 3.63) is 119 Å². The fraction of sp³-hybridized carbons (Fsp3) is 0.359. The molecule has 1 aliphatic rings. The highest BCUT2D eigenvalue weighted by Crippen LogP contribution is 2.56. The fourth-order valence-electron chi connectivity index (χ4n) is 6.51. The standard InChI is InChI=1S/C39H43ClO7/c1-3-20-38(2,47-27-37(42)43)21-22-44-23-24-45-31-16-12-28(13-17-31)39(29-14-18-32(19-15-29)46-26-30(41)25-40)35-10-6-4-8-33(35)34-9-5-7-11-36(34)39/h4-19,30,41H,3,20-27H2,1-2H3,(H,42,43). The minimum absolute atomic E-state index is 0.117. The molecule has 8 heteroatoms. The van der Waals surface area contributed by atoms with Crippen LogP contribution in [0.3, 0.4) is 0 Å². The summed E-state index contributed by atoms with van der Waals surface area (Å²) < 4.78 is 23.3. The molecule has 0 aliphatic heterocycles. The maximum atomic E-state index is 11.0. The third kappa shape index (κ3) is 7.82. The molecule has 248 valence electrons. The highest BCUT2D eigenvalue weighted by atomic mass is 35.5. The number of carbonyl (C=O) groups is 1. The van der Waals surface area contributed by atoms with E-state index >= 15 is 0 Å². The zero-order chi connectivity index (χ0) is 33.3. The molecule has 5 rings (SSSR count). The summed E-state index contributed by atoms with van der Waals surface area (Å²) in [5.41, 5.74) is 5.94. The van der Waals surface area contributed by atoms with E-state index in [1.807, 2.05) is 31.2 Å². The summed E-state index contributed by atoms with van der Waals surface area (Å²) in [6.07, 6.45) is 1.54. The normalized spacial score (nSPS) is 14.9. The maximum Gasteiger partial charge on any atom is 0.329 e. The van der Waals surface area contributed by atoms with Gasteiger partial charge in [-0.1, -0.05) is 86.1 Å². The van der Waals surface area contributed by atoms with Gasteiger partial charge in [-0.25, -0.2) is 4.79 Å². The predicted molar refractivity (Wildman–Crippen MR) is 184 cm³/mol. The summed E-state index contributed by atoms with van der Waals surface area (Å²) in [5, 5.41) is 18.8. The number of aliphatic hydroxyl groups is 1. The van der Waals surface area contributed by atoms with Crippen molar-refractivity contribution in [2.45, 2.75) is 50.2 Å². The number of ether oxygens (including phenoxy) is 4. The second-order valence-electron chi connectivity index (χ2n) is 12.1. The number of carboxylic acids is 1. The number of carboxylic acid groups (broad SMARTS) is 1. The number of halogens is 1. The van der Waals surface area contributed by atoms with Crippen molar-refractivity contribution < 1.29 is 34.0 Å². The number of hydrogen-bond donors (Lipinski definition) is 2. The first kappa shape index (κ1) is 34.5. The van der Waals surface area contributed by atoms with Crippen LogP contribution in [0, 0.1) is 0 Å². The van der Waals surface area contributed by atoms with Gasteiger partial charge in [0.15, 0.2) is 0 Å². The second kappa shape index (κ2) is 15.8. The molecule has 0 fully saturated rings. The molecule has 7 nitrogen and oxygen atoms in total.